The number of carbonyl (C=O) groups excluding carboxylic acids is 1. The largest absolute Gasteiger partial charge is 0.465 e. The molecule has 1 heterocycles. The summed E-state index contributed by atoms with van der Waals surface area (Å²) in [7, 11) is 0. The van der Waals surface area contributed by atoms with E-state index in [9.17, 15) is 4.79 Å². The highest BCUT2D eigenvalue weighted by atomic mass is 32.2. The van der Waals surface area contributed by atoms with Gasteiger partial charge in [0.05, 0.1) is 6.61 Å². The maximum Gasteiger partial charge on any atom is 0.319 e. The highest BCUT2D eigenvalue weighted by Gasteiger charge is 2.27. The van der Waals surface area contributed by atoms with Crippen molar-refractivity contribution in [2.24, 2.45) is 5.92 Å². The van der Waals surface area contributed by atoms with Crippen molar-refractivity contribution < 1.29 is 9.53 Å². The number of esters is 1. The minimum Gasteiger partial charge on any atom is -0.465 e. The Bertz CT molecular complexity index is 188. The number of hydrogen-bond acceptors (Lipinski definition) is 3. The lowest BCUT2D eigenvalue weighted by atomic mass is 10.0. The summed E-state index contributed by atoms with van der Waals surface area (Å²) in [5.74, 6) is 1.92. The predicted octanol–water partition coefficient (Wildman–Crippen LogP) is 3.25. The maximum atomic E-state index is 11.3. The fraction of sp³-hybridized carbons (Fsp3) is 0.917. The quantitative estimate of drug-likeness (QED) is 0.628. The third kappa shape index (κ3) is 4.45. The molecule has 0 aromatic carbocycles. The SMILES string of the molecule is CCCC(CCC)CSC1CCOC1=O. The summed E-state index contributed by atoms with van der Waals surface area (Å²) in [4.78, 5) is 11.3. The minimum atomic E-state index is 0.00625. The topological polar surface area (TPSA) is 26.3 Å². The van der Waals surface area contributed by atoms with Crippen LogP contribution < -0.4 is 0 Å². The van der Waals surface area contributed by atoms with E-state index in [4.69, 9.17) is 4.74 Å². The molecule has 1 rings (SSSR count). The van der Waals surface area contributed by atoms with E-state index in [-0.39, 0.29) is 11.2 Å². The molecule has 0 aromatic heterocycles. The highest BCUT2D eigenvalue weighted by molar-refractivity contribution is 8.00. The zero-order valence-corrected chi connectivity index (χ0v) is 10.6. The second-order valence-corrected chi connectivity index (χ2v) is 5.46. The van der Waals surface area contributed by atoms with Gasteiger partial charge in [-0.25, -0.2) is 0 Å². The molecule has 15 heavy (non-hydrogen) atoms. The molecular weight excluding hydrogens is 208 g/mol. The van der Waals surface area contributed by atoms with Gasteiger partial charge in [-0.2, -0.15) is 0 Å². The van der Waals surface area contributed by atoms with Crippen LogP contribution >= 0.6 is 11.8 Å². The molecule has 1 aliphatic rings. The summed E-state index contributed by atoms with van der Waals surface area (Å²) in [6, 6.07) is 0. The van der Waals surface area contributed by atoms with Gasteiger partial charge >= 0.3 is 5.97 Å². The number of cyclic esters (lactones) is 1. The molecule has 0 aliphatic carbocycles. The Labute approximate surface area is 97.1 Å². The van der Waals surface area contributed by atoms with Crippen LogP contribution in [0.3, 0.4) is 0 Å². The molecule has 3 heteroatoms. The van der Waals surface area contributed by atoms with E-state index in [0.717, 1.165) is 18.1 Å². The number of carbonyl (C=O) groups is 1. The lowest BCUT2D eigenvalue weighted by Gasteiger charge is -2.15. The second kappa shape index (κ2) is 7.15. The van der Waals surface area contributed by atoms with E-state index in [2.05, 4.69) is 13.8 Å². The van der Waals surface area contributed by atoms with Gasteiger partial charge < -0.3 is 4.74 Å². The number of rotatable bonds is 7. The molecule has 0 bridgehead atoms. The Morgan fingerprint density at radius 3 is 2.53 bits per heavy atom. The number of hydrogen-bond donors (Lipinski definition) is 0. The summed E-state index contributed by atoms with van der Waals surface area (Å²) >= 11 is 1.81. The molecule has 2 nitrogen and oxygen atoms in total. The van der Waals surface area contributed by atoms with Gasteiger partial charge in [-0.15, -0.1) is 11.8 Å². The van der Waals surface area contributed by atoms with Crippen LogP contribution in [0.4, 0.5) is 0 Å². The van der Waals surface area contributed by atoms with E-state index < -0.39 is 0 Å². The van der Waals surface area contributed by atoms with Crippen LogP contribution in [0.1, 0.15) is 46.0 Å². The maximum absolute atomic E-state index is 11.3. The molecule has 0 saturated carbocycles. The van der Waals surface area contributed by atoms with Crippen LogP contribution in [0.2, 0.25) is 0 Å². The molecular formula is C12H22O2S. The van der Waals surface area contributed by atoms with Crippen molar-refractivity contribution in [1.29, 1.82) is 0 Å². The summed E-state index contributed by atoms with van der Waals surface area (Å²) in [6.07, 6.45) is 6.00. The zero-order valence-electron chi connectivity index (χ0n) is 9.83. The van der Waals surface area contributed by atoms with Gasteiger partial charge in [0.2, 0.25) is 0 Å². The summed E-state index contributed by atoms with van der Waals surface area (Å²) in [6.45, 7) is 5.09. The Morgan fingerprint density at radius 2 is 2.07 bits per heavy atom. The summed E-state index contributed by atoms with van der Waals surface area (Å²) < 4.78 is 4.96. The first-order chi connectivity index (χ1) is 7.27. The number of thioether (sulfide) groups is 1. The van der Waals surface area contributed by atoms with Crippen LogP contribution in [0.25, 0.3) is 0 Å². The van der Waals surface area contributed by atoms with E-state index in [1.807, 2.05) is 0 Å². The molecule has 88 valence electrons. The highest BCUT2D eigenvalue weighted by Crippen LogP contribution is 2.27. The van der Waals surface area contributed by atoms with Crippen molar-refractivity contribution in [3.05, 3.63) is 0 Å². The Hall–Kier alpha value is -0.180. The van der Waals surface area contributed by atoms with Gasteiger partial charge in [0.25, 0.3) is 0 Å². The minimum absolute atomic E-state index is 0.00625. The van der Waals surface area contributed by atoms with Gasteiger partial charge in [0.1, 0.15) is 5.25 Å². The van der Waals surface area contributed by atoms with Gasteiger partial charge in [0.15, 0.2) is 0 Å². The van der Waals surface area contributed by atoms with Crippen LogP contribution in [0, 0.1) is 5.92 Å². The van der Waals surface area contributed by atoms with E-state index in [1.54, 1.807) is 11.8 Å². The third-order valence-electron chi connectivity index (χ3n) is 2.81. The van der Waals surface area contributed by atoms with Gasteiger partial charge in [0, 0.05) is 6.42 Å². The van der Waals surface area contributed by atoms with Gasteiger partial charge in [-0.05, 0) is 24.5 Å². The molecule has 1 saturated heterocycles. The lowest BCUT2D eigenvalue weighted by molar-refractivity contribution is -0.137. The van der Waals surface area contributed by atoms with Gasteiger partial charge in [-0.3, -0.25) is 4.79 Å². The van der Waals surface area contributed by atoms with Crippen molar-refractivity contribution in [3.8, 4) is 0 Å². The molecule has 1 atom stereocenters. The summed E-state index contributed by atoms with van der Waals surface area (Å²) in [5.41, 5.74) is 0. The normalized spacial score (nSPS) is 21.0. The Balaban J connectivity index is 2.22. The molecule has 0 spiro atoms. The van der Waals surface area contributed by atoms with E-state index in [0.29, 0.717) is 6.61 Å². The second-order valence-electron chi connectivity index (χ2n) is 4.22. The first-order valence-electron chi connectivity index (χ1n) is 6.06. The first-order valence-corrected chi connectivity index (χ1v) is 7.11. The third-order valence-corrected chi connectivity index (χ3v) is 4.31. The Kier molecular flexibility index (Phi) is 6.15. The fourth-order valence-corrected chi connectivity index (χ4v) is 3.31. The number of ether oxygens (including phenoxy) is 1. The molecule has 0 N–H and O–H groups in total. The van der Waals surface area contributed by atoms with Crippen molar-refractivity contribution in [2.75, 3.05) is 12.4 Å². The molecule has 0 aromatic rings. The van der Waals surface area contributed by atoms with Gasteiger partial charge in [-0.1, -0.05) is 26.7 Å². The molecule has 1 aliphatic heterocycles. The predicted molar refractivity (Wildman–Crippen MR) is 65.1 cm³/mol. The standard InChI is InChI=1S/C12H22O2S/c1-3-5-10(6-4-2)9-15-11-7-8-14-12(11)13/h10-11H,3-9H2,1-2H3. The van der Waals surface area contributed by atoms with Crippen molar-refractivity contribution in [1.82, 2.24) is 0 Å². The molecule has 0 amide bonds. The van der Waals surface area contributed by atoms with Crippen LogP contribution in [0.15, 0.2) is 0 Å². The lowest BCUT2D eigenvalue weighted by Crippen LogP contribution is -2.13. The smallest absolute Gasteiger partial charge is 0.319 e. The zero-order chi connectivity index (χ0) is 11.1. The van der Waals surface area contributed by atoms with Crippen molar-refractivity contribution in [2.45, 2.75) is 51.2 Å². The van der Waals surface area contributed by atoms with Crippen LogP contribution in [-0.4, -0.2) is 23.6 Å². The molecule has 1 unspecified atom stereocenters. The first kappa shape index (κ1) is 12.9. The summed E-state index contributed by atoms with van der Waals surface area (Å²) in [5, 5.41) is 0.126. The fourth-order valence-electron chi connectivity index (χ4n) is 2.01. The molecule has 1 fully saturated rings. The van der Waals surface area contributed by atoms with Crippen LogP contribution in [-0.2, 0) is 9.53 Å². The van der Waals surface area contributed by atoms with Crippen molar-refractivity contribution in [3.63, 3.8) is 0 Å². The molecule has 0 radical (unpaired) electrons. The van der Waals surface area contributed by atoms with E-state index in [1.165, 1.54) is 25.7 Å². The average molecular weight is 230 g/mol. The average Bonchev–Trinajstić information content (AvgIpc) is 2.61. The van der Waals surface area contributed by atoms with Crippen molar-refractivity contribution >= 4 is 17.7 Å². The Morgan fingerprint density at radius 1 is 1.40 bits per heavy atom. The van der Waals surface area contributed by atoms with E-state index >= 15 is 0 Å². The monoisotopic (exact) mass is 230 g/mol. The van der Waals surface area contributed by atoms with Crippen LogP contribution in [0.5, 0.6) is 0 Å².